The van der Waals surface area contributed by atoms with Gasteiger partial charge in [-0.25, -0.2) is 0 Å². The molecule has 2 aliphatic rings. The van der Waals surface area contributed by atoms with Gasteiger partial charge in [-0.2, -0.15) is 0 Å². The molecule has 2 heterocycles. The monoisotopic (exact) mass is 606 g/mol. The summed E-state index contributed by atoms with van der Waals surface area (Å²) >= 11 is 11.4. The number of carbonyl (C=O) groups excluding carboxylic acids is 2. The Balaban J connectivity index is 1.21. The minimum atomic E-state index is -0.535. The van der Waals surface area contributed by atoms with E-state index in [1.807, 2.05) is 34.1 Å². The summed E-state index contributed by atoms with van der Waals surface area (Å²) in [5.74, 6) is -0.571. The van der Waals surface area contributed by atoms with Crippen LogP contribution in [0.2, 0.25) is 5.02 Å². The predicted octanol–water partition coefficient (Wildman–Crippen LogP) is 5.33. The maximum atomic E-state index is 13.0. The van der Waals surface area contributed by atoms with Crippen LogP contribution in [-0.2, 0) is 0 Å². The van der Waals surface area contributed by atoms with Gasteiger partial charge in [0.05, 0.1) is 16.3 Å². The predicted molar refractivity (Wildman–Crippen MR) is 169 cm³/mol. The van der Waals surface area contributed by atoms with Crippen molar-refractivity contribution in [1.29, 1.82) is 0 Å². The first-order valence-electron chi connectivity index (χ1n) is 13.8. The fourth-order valence-corrected chi connectivity index (χ4v) is 5.65. The number of nitrogens with zero attached hydrogens (tertiary/aromatic N) is 4. The van der Waals surface area contributed by atoms with Gasteiger partial charge in [0, 0.05) is 61.5 Å². The number of anilines is 3. The van der Waals surface area contributed by atoms with Crippen molar-refractivity contribution in [3.05, 3.63) is 93.0 Å². The van der Waals surface area contributed by atoms with Crippen LogP contribution in [0.25, 0.3) is 0 Å². The van der Waals surface area contributed by atoms with Crippen molar-refractivity contribution in [2.24, 2.45) is 0 Å². The summed E-state index contributed by atoms with van der Waals surface area (Å²) in [6.07, 6.45) is 3.08. The van der Waals surface area contributed by atoms with Crippen molar-refractivity contribution in [3.8, 4) is 0 Å². The van der Waals surface area contributed by atoms with E-state index in [-0.39, 0.29) is 22.3 Å². The first kappa shape index (κ1) is 29.3. The highest BCUT2D eigenvalue weighted by atomic mass is 35.5. The smallest absolute Gasteiger partial charge is 0.293 e. The quantitative estimate of drug-likeness (QED) is 0.220. The van der Waals surface area contributed by atoms with Crippen molar-refractivity contribution in [3.63, 3.8) is 0 Å². The molecule has 2 saturated heterocycles. The van der Waals surface area contributed by atoms with Gasteiger partial charge in [0.2, 0.25) is 0 Å². The zero-order valence-electron chi connectivity index (χ0n) is 22.9. The number of piperazine rings is 1. The lowest BCUT2D eigenvalue weighted by molar-refractivity contribution is -0.384. The molecule has 0 saturated carbocycles. The molecule has 10 nitrogen and oxygen atoms in total. The van der Waals surface area contributed by atoms with Crippen molar-refractivity contribution >= 4 is 63.5 Å². The van der Waals surface area contributed by atoms with Crippen molar-refractivity contribution < 1.29 is 14.5 Å². The average molecular weight is 607 g/mol. The number of piperidine rings is 1. The third-order valence-corrected chi connectivity index (χ3v) is 7.97. The van der Waals surface area contributed by atoms with Crippen LogP contribution >= 0.6 is 23.8 Å². The lowest BCUT2D eigenvalue weighted by Crippen LogP contribution is -2.49. The number of amides is 2. The third kappa shape index (κ3) is 6.80. The first-order valence-corrected chi connectivity index (χ1v) is 14.6. The fraction of sp³-hybridized carbons (Fsp3) is 0.300. The van der Waals surface area contributed by atoms with Crippen LogP contribution in [0.3, 0.4) is 0 Å². The lowest BCUT2D eigenvalue weighted by atomic mass is 10.1. The van der Waals surface area contributed by atoms with E-state index in [0.29, 0.717) is 48.1 Å². The maximum absolute atomic E-state index is 13.0. The first-order chi connectivity index (χ1) is 20.3. The molecule has 0 aromatic heterocycles. The Morgan fingerprint density at radius 1 is 0.810 bits per heavy atom. The minimum absolute atomic E-state index is 0.0363. The Bertz CT molecular complexity index is 1490. The Kier molecular flexibility index (Phi) is 9.19. The normalized spacial score (nSPS) is 15.2. The van der Waals surface area contributed by atoms with Gasteiger partial charge >= 0.3 is 0 Å². The van der Waals surface area contributed by atoms with E-state index < -0.39 is 10.8 Å². The molecule has 5 rings (SSSR count). The van der Waals surface area contributed by atoms with Crippen molar-refractivity contribution in [2.45, 2.75) is 19.3 Å². The topological polar surface area (TPSA) is 111 Å². The fourth-order valence-electron chi connectivity index (χ4n) is 5.32. The highest BCUT2D eigenvalue weighted by Gasteiger charge is 2.25. The van der Waals surface area contributed by atoms with E-state index in [0.717, 1.165) is 38.0 Å². The average Bonchev–Trinajstić information content (AvgIpc) is 3.01. The molecular formula is C30H31ClN6O4S. The molecule has 2 fully saturated rings. The van der Waals surface area contributed by atoms with E-state index in [9.17, 15) is 19.7 Å². The molecule has 218 valence electrons. The second-order valence-corrected chi connectivity index (χ2v) is 11.1. The number of benzene rings is 3. The molecule has 0 bridgehead atoms. The van der Waals surface area contributed by atoms with Gasteiger partial charge < -0.3 is 20.0 Å². The van der Waals surface area contributed by atoms with Crippen LogP contribution in [-0.4, -0.2) is 66.0 Å². The van der Waals surface area contributed by atoms with Crippen LogP contribution in [0.1, 0.15) is 40.0 Å². The number of hydrogen-bond donors (Lipinski definition) is 2. The number of rotatable bonds is 6. The van der Waals surface area contributed by atoms with E-state index in [2.05, 4.69) is 15.5 Å². The summed E-state index contributed by atoms with van der Waals surface area (Å²) in [4.78, 5) is 43.2. The van der Waals surface area contributed by atoms with Gasteiger partial charge in [-0.1, -0.05) is 23.7 Å². The molecule has 2 N–H and O–H groups in total. The van der Waals surface area contributed by atoms with Gasteiger partial charge in [0.1, 0.15) is 5.69 Å². The SMILES string of the molecule is O=C(NC(=S)Nc1ccccc1N1CCN(C(=O)c2ccc(Cl)cc2)CC1)c1ccc(N2CCCCC2)c([N+](=O)[O-])c1. The number of para-hydroxylation sites is 2. The Hall–Kier alpha value is -4.22. The van der Waals surface area contributed by atoms with E-state index in [4.69, 9.17) is 23.8 Å². The molecule has 0 atom stereocenters. The van der Waals surface area contributed by atoms with Crippen molar-refractivity contribution in [1.82, 2.24) is 10.2 Å². The molecule has 12 heteroatoms. The van der Waals surface area contributed by atoms with Gasteiger partial charge in [0.25, 0.3) is 17.5 Å². The molecule has 2 amide bonds. The van der Waals surface area contributed by atoms with E-state index in [1.54, 1.807) is 36.4 Å². The zero-order valence-corrected chi connectivity index (χ0v) is 24.5. The van der Waals surface area contributed by atoms with E-state index in [1.165, 1.54) is 6.07 Å². The number of carbonyl (C=O) groups is 2. The van der Waals surface area contributed by atoms with Crippen LogP contribution < -0.4 is 20.4 Å². The summed E-state index contributed by atoms with van der Waals surface area (Å²) < 4.78 is 0. The molecule has 3 aromatic carbocycles. The van der Waals surface area contributed by atoms with Crippen LogP contribution in [0.5, 0.6) is 0 Å². The third-order valence-electron chi connectivity index (χ3n) is 7.51. The number of halogens is 1. The van der Waals surface area contributed by atoms with Crippen LogP contribution in [0, 0.1) is 10.1 Å². The Morgan fingerprint density at radius 3 is 2.14 bits per heavy atom. The van der Waals surface area contributed by atoms with Gasteiger partial charge in [-0.15, -0.1) is 0 Å². The summed E-state index contributed by atoms with van der Waals surface area (Å²) in [6.45, 7) is 3.84. The molecule has 0 unspecified atom stereocenters. The maximum Gasteiger partial charge on any atom is 0.293 e. The standard InChI is InChI=1S/C30H31ClN6O4S/c31-23-11-8-21(9-12-23)29(39)36-18-16-35(17-19-36)25-7-3-2-6-24(25)32-30(42)33-28(38)22-10-13-26(27(20-22)37(40)41)34-14-4-1-5-15-34/h2-3,6-13,20H,1,4-5,14-19H2,(H2,32,33,38,42). The Labute approximate surface area is 254 Å². The van der Waals surface area contributed by atoms with Gasteiger partial charge in [-0.05, 0) is 80.0 Å². The Morgan fingerprint density at radius 2 is 1.45 bits per heavy atom. The second-order valence-electron chi connectivity index (χ2n) is 10.2. The lowest BCUT2D eigenvalue weighted by Gasteiger charge is -2.37. The molecular weight excluding hydrogens is 576 g/mol. The minimum Gasteiger partial charge on any atom is -0.366 e. The number of hydrogen-bond acceptors (Lipinski definition) is 7. The van der Waals surface area contributed by atoms with Crippen LogP contribution in [0.4, 0.5) is 22.7 Å². The molecule has 3 aromatic rings. The molecule has 42 heavy (non-hydrogen) atoms. The summed E-state index contributed by atoms with van der Waals surface area (Å²) in [7, 11) is 0. The highest BCUT2D eigenvalue weighted by molar-refractivity contribution is 7.80. The highest BCUT2D eigenvalue weighted by Crippen LogP contribution is 2.31. The molecule has 0 aliphatic carbocycles. The zero-order chi connectivity index (χ0) is 29.6. The number of thiocarbonyl (C=S) groups is 1. The largest absolute Gasteiger partial charge is 0.366 e. The number of nitro benzene ring substituents is 1. The van der Waals surface area contributed by atoms with Crippen LogP contribution in [0.15, 0.2) is 66.7 Å². The van der Waals surface area contributed by atoms with Crippen molar-refractivity contribution in [2.75, 3.05) is 54.4 Å². The number of nitrogens with one attached hydrogen (secondary N) is 2. The molecule has 0 radical (unpaired) electrons. The second kappa shape index (κ2) is 13.2. The summed E-state index contributed by atoms with van der Waals surface area (Å²) in [5, 5.41) is 18.2. The van der Waals surface area contributed by atoms with Gasteiger partial charge in [0.15, 0.2) is 5.11 Å². The summed E-state index contributed by atoms with van der Waals surface area (Å²) in [6, 6.07) is 19.0. The molecule has 2 aliphatic heterocycles. The van der Waals surface area contributed by atoms with E-state index >= 15 is 0 Å². The molecule has 0 spiro atoms. The summed E-state index contributed by atoms with van der Waals surface area (Å²) in [5.41, 5.74) is 2.77. The number of nitro groups is 1. The van der Waals surface area contributed by atoms with Gasteiger partial charge in [-0.3, -0.25) is 25.0 Å².